The molecule has 0 aliphatic carbocycles. The van der Waals surface area contributed by atoms with Gasteiger partial charge in [0.25, 0.3) is 5.91 Å². The van der Waals surface area contributed by atoms with Gasteiger partial charge in [0.15, 0.2) is 0 Å². The van der Waals surface area contributed by atoms with Crippen LogP contribution < -0.4 is 0 Å². The van der Waals surface area contributed by atoms with Gasteiger partial charge in [0.2, 0.25) is 0 Å². The Morgan fingerprint density at radius 1 is 1.50 bits per heavy atom. The molecule has 0 saturated carbocycles. The second-order valence-corrected chi connectivity index (χ2v) is 6.71. The summed E-state index contributed by atoms with van der Waals surface area (Å²) >= 11 is 4.96. The standard InChI is InChI=1S/C13H15BrN2OS/c1-3-4-15-5-7-16(8-6-15)13(17)11-9-10(2)12(14)18-11/h1,9H,4-8H2,2H3. The molecular weight excluding hydrogens is 312 g/mol. The van der Waals surface area contributed by atoms with Gasteiger partial charge in [0.1, 0.15) is 0 Å². The average molecular weight is 327 g/mol. The van der Waals surface area contributed by atoms with Crippen LogP contribution >= 0.6 is 27.3 Å². The molecule has 1 aromatic rings. The lowest BCUT2D eigenvalue weighted by Gasteiger charge is -2.33. The summed E-state index contributed by atoms with van der Waals surface area (Å²) < 4.78 is 1.04. The number of amides is 1. The van der Waals surface area contributed by atoms with Crippen LogP contribution in [0.25, 0.3) is 0 Å². The molecule has 2 heterocycles. The van der Waals surface area contributed by atoms with Gasteiger partial charge in [0, 0.05) is 26.2 Å². The Morgan fingerprint density at radius 3 is 2.67 bits per heavy atom. The minimum absolute atomic E-state index is 0.133. The Kier molecular flexibility index (Phi) is 4.44. The van der Waals surface area contributed by atoms with Crippen LogP contribution in [0, 0.1) is 19.3 Å². The number of carbonyl (C=O) groups excluding carboxylic acids is 1. The summed E-state index contributed by atoms with van der Waals surface area (Å²) in [6.45, 7) is 5.92. The summed E-state index contributed by atoms with van der Waals surface area (Å²) in [4.78, 5) is 17.2. The molecule has 18 heavy (non-hydrogen) atoms. The molecule has 1 aromatic heterocycles. The summed E-state index contributed by atoms with van der Waals surface area (Å²) in [7, 11) is 0. The van der Waals surface area contributed by atoms with Crippen LogP contribution in [0.2, 0.25) is 0 Å². The van der Waals surface area contributed by atoms with Gasteiger partial charge in [-0.05, 0) is 34.5 Å². The molecule has 1 aliphatic rings. The zero-order valence-corrected chi connectivity index (χ0v) is 12.7. The van der Waals surface area contributed by atoms with E-state index in [0.29, 0.717) is 6.54 Å². The van der Waals surface area contributed by atoms with Crippen LogP contribution in [0.15, 0.2) is 9.85 Å². The summed E-state index contributed by atoms with van der Waals surface area (Å²) in [5.41, 5.74) is 1.12. The number of halogens is 1. The molecule has 0 spiro atoms. The molecule has 1 saturated heterocycles. The first-order valence-electron chi connectivity index (χ1n) is 5.83. The maximum atomic E-state index is 12.3. The number of rotatable bonds is 2. The molecule has 96 valence electrons. The number of carbonyl (C=O) groups is 1. The molecule has 0 unspecified atom stereocenters. The fraction of sp³-hybridized carbons (Fsp3) is 0.462. The van der Waals surface area contributed by atoms with Crippen LogP contribution in [-0.4, -0.2) is 48.4 Å². The van der Waals surface area contributed by atoms with Crippen molar-refractivity contribution in [3.05, 3.63) is 20.3 Å². The van der Waals surface area contributed by atoms with Crippen molar-refractivity contribution >= 4 is 33.2 Å². The first kappa shape index (κ1) is 13.6. The van der Waals surface area contributed by atoms with Gasteiger partial charge in [-0.25, -0.2) is 0 Å². The summed E-state index contributed by atoms with van der Waals surface area (Å²) in [6.07, 6.45) is 5.29. The zero-order chi connectivity index (χ0) is 13.1. The quantitative estimate of drug-likeness (QED) is 0.778. The number of hydrogen-bond donors (Lipinski definition) is 0. The van der Waals surface area contributed by atoms with Crippen LogP contribution in [-0.2, 0) is 0 Å². The molecule has 0 bridgehead atoms. The fourth-order valence-electron chi connectivity index (χ4n) is 1.96. The van der Waals surface area contributed by atoms with Crippen molar-refractivity contribution in [1.82, 2.24) is 9.80 Å². The smallest absolute Gasteiger partial charge is 0.264 e. The predicted molar refractivity (Wildman–Crippen MR) is 77.9 cm³/mol. The Labute approximate surface area is 120 Å². The van der Waals surface area contributed by atoms with E-state index in [4.69, 9.17) is 6.42 Å². The highest BCUT2D eigenvalue weighted by Gasteiger charge is 2.23. The highest BCUT2D eigenvalue weighted by Crippen LogP contribution is 2.28. The fourth-order valence-corrected chi connectivity index (χ4v) is 3.46. The summed E-state index contributed by atoms with van der Waals surface area (Å²) in [5.74, 6) is 2.78. The normalized spacial score (nSPS) is 16.6. The van der Waals surface area contributed by atoms with Crippen molar-refractivity contribution in [3.63, 3.8) is 0 Å². The second-order valence-electron chi connectivity index (χ2n) is 4.34. The Morgan fingerprint density at radius 2 is 2.17 bits per heavy atom. The Balaban J connectivity index is 1.97. The number of nitrogens with zero attached hydrogens (tertiary/aromatic N) is 2. The predicted octanol–water partition coefficient (Wildman–Crippen LogP) is 2.21. The third kappa shape index (κ3) is 2.94. The molecule has 1 amide bonds. The largest absolute Gasteiger partial charge is 0.335 e. The van der Waals surface area contributed by atoms with Gasteiger partial charge >= 0.3 is 0 Å². The number of aryl methyl sites for hydroxylation is 1. The lowest BCUT2D eigenvalue weighted by atomic mass is 10.2. The molecule has 0 N–H and O–H groups in total. The number of hydrogen-bond acceptors (Lipinski definition) is 3. The van der Waals surface area contributed by atoms with Crippen molar-refractivity contribution < 1.29 is 4.79 Å². The van der Waals surface area contributed by atoms with E-state index in [2.05, 4.69) is 26.8 Å². The van der Waals surface area contributed by atoms with E-state index < -0.39 is 0 Å². The summed E-state index contributed by atoms with van der Waals surface area (Å²) in [5, 5.41) is 0. The molecule has 3 nitrogen and oxygen atoms in total. The highest BCUT2D eigenvalue weighted by molar-refractivity contribution is 9.11. The van der Waals surface area contributed by atoms with Crippen LogP contribution in [0.3, 0.4) is 0 Å². The van der Waals surface area contributed by atoms with Gasteiger partial charge in [0.05, 0.1) is 15.2 Å². The van der Waals surface area contributed by atoms with E-state index in [0.717, 1.165) is 40.4 Å². The molecule has 1 fully saturated rings. The van der Waals surface area contributed by atoms with E-state index in [-0.39, 0.29) is 5.91 Å². The van der Waals surface area contributed by atoms with Gasteiger partial charge in [-0.15, -0.1) is 17.8 Å². The SMILES string of the molecule is C#CCN1CCN(C(=O)c2cc(C)c(Br)s2)CC1. The van der Waals surface area contributed by atoms with E-state index in [1.165, 1.54) is 11.3 Å². The van der Waals surface area contributed by atoms with E-state index in [1.54, 1.807) is 0 Å². The van der Waals surface area contributed by atoms with Crippen molar-refractivity contribution in [2.45, 2.75) is 6.92 Å². The summed E-state index contributed by atoms with van der Waals surface area (Å²) in [6, 6.07) is 1.95. The van der Waals surface area contributed by atoms with Gasteiger partial charge in [-0.3, -0.25) is 9.69 Å². The molecule has 1 aliphatic heterocycles. The molecular formula is C13H15BrN2OS. The Hall–Kier alpha value is -0.830. The molecule has 2 rings (SSSR count). The first-order valence-corrected chi connectivity index (χ1v) is 7.44. The van der Waals surface area contributed by atoms with Crippen molar-refractivity contribution in [2.75, 3.05) is 32.7 Å². The van der Waals surface area contributed by atoms with Crippen LogP contribution in [0.1, 0.15) is 15.2 Å². The van der Waals surface area contributed by atoms with Gasteiger partial charge < -0.3 is 4.90 Å². The minimum Gasteiger partial charge on any atom is -0.335 e. The zero-order valence-electron chi connectivity index (χ0n) is 10.3. The van der Waals surface area contributed by atoms with Crippen molar-refractivity contribution in [2.24, 2.45) is 0 Å². The molecule has 0 atom stereocenters. The van der Waals surface area contributed by atoms with E-state index >= 15 is 0 Å². The molecule has 5 heteroatoms. The topological polar surface area (TPSA) is 23.6 Å². The lowest BCUT2D eigenvalue weighted by Crippen LogP contribution is -2.48. The lowest BCUT2D eigenvalue weighted by molar-refractivity contribution is 0.0657. The number of piperazine rings is 1. The molecule has 0 aromatic carbocycles. The monoisotopic (exact) mass is 326 g/mol. The Bertz CT molecular complexity index is 464. The maximum Gasteiger partial charge on any atom is 0.264 e. The van der Waals surface area contributed by atoms with Crippen molar-refractivity contribution in [1.29, 1.82) is 0 Å². The van der Waals surface area contributed by atoms with E-state index in [9.17, 15) is 4.79 Å². The van der Waals surface area contributed by atoms with Gasteiger partial charge in [-0.1, -0.05) is 5.92 Å². The number of thiophene rings is 1. The first-order chi connectivity index (χ1) is 8.61. The molecule has 0 radical (unpaired) electrons. The van der Waals surface area contributed by atoms with Crippen LogP contribution in [0.5, 0.6) is 0 Å². The maximum absolute atomic E-state index is 12.3. The van der Waals surface area contributed by atoms with Crippen LogP contribution in [0.4, 0.5) is 0 Å². The van der Waals surface area contributed by atoms with Gasteiger partial charge in [-0.2, -0.15) is 0 Å². The second kappa shape index (κ2) is 5.87. The highest BCUT2D eigenvalue weighted by atomic mass is 79.9. The van der Waals surface area contributed by atoms with E-state index in [1.807, 2.05) is 17.9 Å². The third-order valence-electron chi connectivity index (χ3n) is 3.04. The van der Waals surface area contributed by atoms with Crippen molar-refractivity contribution in [3.8, 4) is 12.3 Å². The average Bonchev–Trinajstić information content (AvgIpc) is 2.70. The third-order valence-corrected chi connectivity index (χ3v) is 5.17. The minimum atomic E-state index is 0.133. The number of terminal acetylenes is 1.